The van der Waals surface area contributed by atoms with Gasteiger partial charge in [-0.1, -0.05) is 0 Å². The van der Waals surface area contributed by atoms with Gasteiger partial charge in [-0.2, -0.15) is 4.33 Å². The van der Waals surface area contributed by atoms with Gasteiger partial charge in [0.05, 0.1) is 74.3 Å². The van der Waals surface area contributed by atoms with E-state index in [-0.39, 0.29) is 54.7 Å². The molecule has 0 spiro atoms. The van der Waals surface area contributed by atoms with Crippen molar-refractivity contribution in [3.05, 3.63) is 0 Å². The molecule has 20 nitrogen and oxygen atoms in total. The first-order valence-corrected chi connectivity index (χ1v) is 21.5. The SMILES string of the molecule is C[NH+](CC[N+](C)(C)CC[N+](C)(CSOO[O-])CS(=O)(=O)[O-])C(=O)CCCCC(=O)NCCC[N+](C)(C)CC[N+](C)(CS(=O)(=O)[O-])CS(=O)(=O)[O-]. The summed E-state index contributed by atoms with van der Waals surface area (Å²) >= 11 is 0.603. The van der Waals surface area contributed by atoms with Crippen LogP contribution in [0.5, 0.6) is 0 Å². The van der Waals surface area contributed by atoms with Gasteiger partial charge in [0.2, 0.25) is 5.91 Å². The summed E-state index contributed by atoms with van der Waals surface area (Å²) in [6, 6.07) is 0. The van der Waals surface area contributed by atoms with Gasteiger partial charge in [0.1, 0.15) is 69.6 Å². The predicted molar refractivity (Wildman–Crippen MR) is 177 cm³/mol. The van der Waals surface area contributed by atoms with E-state index in [4.69, 9.17) is 0 Å². The molecule has 0 heterocycles. The molecule has 0 aromatic heterocycles. The minimum Gasteiger partial charge on any atom is -0.744 e. The lowest BCUT2D eigenvalue weighted by Gasteiger charge is -2.38. The molecule has 2 atom stereocenters. The molecule has 0 saturated heterocycles. The summed E-state index contributed by atoms with van der Waals surface area (Å²) in [4.78, 5) is 25.7. The van der Waals surface area contributed by atoms with Gasteiger partial charge in [-0.05, 0) is 12.8 Å². The molecule has 0 aromatic rings. The number of likely N-dealkylation sites (N-methyl/N-ethyl adjacent to an activating group) is 5. The summed E-state index contributed by atoms with van der Waals surface area (Å²) in [5.74, 6) is -2.92. The van der Waals surface area contributed by atoms with E-state index in [1.807, 2.05) is 28.2 Å². The Balaban J connectivity index is 4.54. The largest absolute Gasteiger partial charge is 0.744 e. The van der Waals surface area contributed by atoms with Gasteiger partial charge < -0.3 is 33.2 Å². The maximum Gasteiger partial charge on any atom is 0.312 e. The normalized spacial score (nSPS) is 15.4. The summed E-state index contributed by atoms with van der Waals surface area (Å²) in [7, 11) is -2.08. The van der Waals surface area contributed by atoms with Crippen molar-refractivity contribution in [2.45, 2.75) is 32.1 Å². The van der Waals surface area contributed by atoms with Crippen LogP contribution in [0.15, 0.2) is 0 Å². The molecule has 0 radical (unpaired) electrons. The molecule has 0 aliphatic rings. The van der Waals surface area contributed by atoms with E-state index in [2.05, 4.69) is 14.7 Å². The van der Waals surface area contributed by atoms with Gasteiger partial charge in [0.15, 0.2) is 23.5 Å². The molecule has 2 N–H and O–H groups in total. The maximum absolute atomic E-state index is 12.7. The van der Waals surface area contributed by atoms with Crippen LogP contribution in [0.1, 0.15) is 32.1 Å². The molecule has 24 heteroatoms. The van der Waals surface area contributed by atoms with Crippen LogP contribution in [0.4, 0.5) is 0 Å². The smallest absolute Gasteiger partial charge is 0.312 e. The molecule has 0 aromatic carbocycles. The number of nitrogens with one attached hydrogen (secondary N) is 2. The highest BCUT2D eigenvalue weighted by Crippen LogP contribution is 2.16. The van der Waals surface area contributed by atoms with E-state index in [1.54, 1.807) is 14.1 Å². The van der Waals surface area contributed by atoms with Gasteiger partial charge in [0, 0.05) is 19.4 Å². The van der Waals surface area contributed by atoms with Crippen molar-refractivity contribution >= 4 is 54.2 Å². The number of nitrogens with zero attached hydrogens (tertiary/aromatic N) is 4. The van der Waals surface area contributed by atoms with Crippen LogP contribution < -0.4 is 15.5 Å². The van der Waals surface area contributed by atoms with E-state index >= 15 is 0 Å². The van der Waals surface area contributed by atoms with Crippen molar-refractivity contribution in [3.8, 4) is 0 Å². The number of rotatable bonds is 28. The fraction of sp³-hybridized carbons (Fsp3) is 0.923. The topological polar surface area (TPSA) is 264 Å². The minimum absolute atomic E-state index is 0.00722. The molecule has 2 unspecified atom stereocenters. The fourth-order valence-electron chi connectivity index (χ4n) is 5.11. The molecule has 0 saturated carbocycles. The van der Waals surface area contributed by atoms with Crippen LogP contribution in [0.2, 0.25) is 0 Å². The molecule has 0 aliphatic carbocycles. The van der Waals surface area contributed by atoms with Crippen molar-refractivity contribution in [1.82, 2.24) is 5.32 Å². The highest BCUT2D eigenvalue weighted by atomic mass is 32.2. The summed E-state index contributed by atoms with van der Waals surface area (Å²) < 4.78 is 106. The molecular weight excluding hydrogens is 749 g/mol. The molecule has 298 valence electrons. The average molecular weight is 806 g/mol. The minimum atomic E-state index is -4.78. The summed E-state index contributed by atoms with van der Waals surface area (Å²) in [6.45, 7) is 2.98. The average Bonchev–Trinajstić information content (AvgIpc) is 2.91. The first-order valence-electron chi connectivity index (χ1n) is 15.8. The van der Waals surface area contributed by atoms with Gasteiger partial charge in [-0.25, -0.2) is 30.0 Å². The second-order valence-corrected chi connectivity index (χ2v) is 19.5. The quantitative estimate of drug-likeness (QED) is 0.0144. The number of amides is 2. The monoisotopic (exact) mass is 805 g/mol. The zero-order chi connectivity index (χ0) is 39.1. The Morgan fingerprint density at radius 1 is 0.680 bits per heavy atom. The first kappa shape index (κ1) is 48.9. The second kappa shape index (κ2) is 21.0. The zero-order valence-corrected chi connectivity index (χ0v) is 33.4. The number of carbonyl (C=O) groups is 2. The standard InChI is InChI=1S/C26H56N6O14S4/c1-28(14-16-30(4,5)17-19-31(6,21-47-46-45-35)22-48(36,37)38)26(34)12-9-8-11-25(33)27-13-10-15-29(2,3)18-20-32(7,23-49(39,40)41)24-50(42,43)44/h8-24H2,1-7H3,(H-4,27,33,35,36,37,38,39,40,41,42,43,44)/p+1. The van der Waals surface area contributed by atoms with Crippen molar-refractivity contribution in [3.63, 3.8) is 0 Å². The first-order chi connectivity index (χ1) is 22.5. The van der Waals surface area contributed by atoms with Gasteiger partial charge in [0.25, 0.3) is 0 Å². The lowest BCUT2D eigenvalue weighted by atomic mass is 10.1. The maximum atomic E-state index is 12.7. The Hall–Kier alpha value is -1.10. The van der Waals surface area contributed by atoms with Crippen LogP contribution in [-0.4, -0.2) is 194 Å². The van der Waals surface area contributed by atoms with Crippen molar-refractivity contribution in [2.24, 2.45) is 0 Å². The third-order valence-corrected chi connectivity index (χ3v) is 11.9. The molecular formula is C26H57N6O14S4+. The lowest BCUT2D eigenvalue weighted by Crippen LogP contribution is -3.12. The third-order valence-electron chi connectivity index (χ3n) is 8.23. The summed E-state index contributed by atoms with van der Waals surface area (Å²) in [6.07, 6.45) is 2.11. The van der Waals surface area contributed by atoms with E-state index in [1.165, 1.54) is 7.05 Å². The Kier molecular flexibility index (Phi) is 20.5. The summed E-state index contributed by atoms with van der Waals surface area (Å²) in [5.41, 5.74) is 0. The van der Waals surface area contributed by atoms with Crippen LogP contribution in [-0.2, 0) is 49.3 Å². The van der Waals surface area contributed by atoms with Crippen molar-refractivity contribution < 1.29 is 86.0 Å². The van der Waals surface area contributed by atoms with E-state index < -0.39 is 52.5 Å². The van der Waals surface area contributed by atoms with Crippen LogP contribution in [0.3, 0.4) is 0 Å². The van der Waals surface area contributed by atoms with Gasteiger partial charge in [-0.3, -0.25) is 23.7 Å². The number of quaternary nitrogens is 5. The Morgan fingerprint density at radius 3 is 1.64 bits per heavy atom. The summed E-state index contributed by atoms with van der Waals surface area (Å²) in [5, 5.41) is 16.2. The molecule has 0 rings (SSSR count). The van der Waals surface area contributed by atoms with Crippen molar-refractivity contribution in [2.75, 3.05) is 125 Å². The van der Waals surface area contributed by atoms with Crippen LogP contribution >= 0.6 is 12.0 Å². The van der Waals surface area contributed by atoms with Gasteiger partial charge >= 0.3 is 5.91 Å². The number of unbranched alkanes of at least 4 members (excludes halogenated alkanes) is 1. The van der Waals surface area contributed by atoms with E-state index in [0.29, 0.717) is 77.9 Å². The van der Waals surface area contributed by atoms with E-state index in [0.717, 1.165) is 0 Å². The predicted octanol–water partition coefficient (Wildman–Crippen LogP) is -4.52. The molecule has 0 bridgehead atoms. The molecule has 0 fully saturated rings. The van der Waals surface area contributed by atoms with Gasteiger partial charge in [-0.15, -0.1) is 0 Å². The Bertz CT molecular complexity index is 1360. The highest BCUT2D eigenvalue weighted by molar-refractivity contribution is 7.94. The zero-order valence-electron chi connectivity index (χ0n) is 30.2. The van der Waals surface area contributed by atoms with Crippen LogP contribution in [0, 0.1) is 0 Å². The lowest BCUT2D eigenvalue weighted by molar-refractivity contribution is -0.955. The number of hydrogen-bond donors (Lipinski definition) is 2. The third kappa shape index (κ3) is 25.8. The molecule has 0 aliphatic heterocycles. The van der Waals surface area contributed by atoms with Crippen LogP contribution in [0.25, 0.3) is 0 Å². The Morgan fingerprint density at radius 2 is 1.14 bits per heavy atom. The number of hydrogen-bond acceptors (Lipinski definition) is 15. The Labute approximate surface area is 301 Å². The van der Waals surface area contributed by atoms with Crippen molar-refractivity contribution in [1.29, 1.82) is 0 Å². The fourth-order valence-corrected chi connectivity index (χ4v) is 8.85. The highest BCUT2D eigenvalue weighted by Gasteiger charge is 2.32. The molecule has 50 heavy (non-hydrogen) atoms. The van der Waals surface area contributed by atoms with E-state index in [9.17, 15) is 53.8 Å². The molecule has 2 amide bonds. The second-order valence-electron chi connectivity index (χ2n) is 14.8. The number of carbonyl (C=O) groups excluding carboxylic acids is 2.